The van der Waals surface area contributed by atoms with Crippen LogP contribution in [-0.2, 0) is 9.53 Å². The molecule has 10 heteroatoms. The number of hydrogen-bond acceptors (Lipinski definition) is 9. The Hall–Kier alpha value is -4.05. The third-order valence-corrected chi connectivity index (χ3v) is 6.88. The highest BCUT2D eigenvalue weighted by atomic mass is 32.1. The summed E-state index contributed by atoms with van der Waals surface area (Å²) in [7, 11) is 1.47. The van der Waals surface area contributed by atoms with Gasteiger partial charge in [-0.25, -0.2) is 9.79 Å². The summed E-state index contributed by atoms with van der Waals surface area (Å²) in [5.74, 6) is 0.841. The van der Waals surface area contributed by atoms with Crippen molar-refractivity contribution in [1.82, 2.24) is 4.57 Å². The van der Waals surface area contributed by atoms with Crippen LogP contribution in [0.2, 0.25) is 0 Å². The quantitative estimate of drug-likeness (QED) is 0.417. The highest BCUT2D eigenvalue weighted by Gasteiger charge is 2.34. The van der Waals surface area contributed by atoms with Gasteiger partial charge >= 0.3 is 5.97 Å². The van der Waals surface area contributed by atoms with Crippen LogP contribution in [0, 0.1) is 0 Å². The molecule has 9 nitrogen and oxygen atoms in total. The number of ether oxygens (including phenoxy) is 4. The predicted molar refractivity (Wildman–Crippen MR) is 144 cm³/mol. The fourth-order valence-electron chi connectivity index (χ4n) is 4.29. The topological polar surface area (TPSA) is 109 Å². The number of aromatic hydroxyl groups is 1. The lowest BCUT2D eigenvalue weighted by Crippen LogP contribution is -2.40. The molecule has 2 heterocycles. The Morgan fingerprint density at radius 3 is 2.42 bits per heavy atom. The molecule has 1 aliphatic heterocycles. The second-order valence-electron chi connectivity index (χ2n) is 8.31. The molecule has 0 bridgehead atoms. The van der Waals surface area contributed by atoms with Gasteiger partial charge in [0.05, 0.1) is 48.8 Å². The van der Waals surface area contributed by atoms with E-state index >= 15 is 0 Å². The number of thiazole rings is 1. The zero-order valence-corrected chi connectivity index (χ0v) is 22.8. The Bertz CT molecular complexity index is 1570. The number of rotatable bonds is 9. The van der Waals surface area contributed by atoms with Crippen LogP contribution < -0.4 is 29.1 Å². The van der Waals surface area contributed by atoms with Crippen LogP contribution in [-0.4, -0.2) is 42.6 Å². The third kappa shape index (κ3) is 5.17. The second-order valence-corrected chi connectivity index (χ2v) is 9.31. The molecule has 0 saturated heterocycles. The number of benzene rings is 2. The van der Waals surface area contributed by atoms with Crippen LogP contribution in [0.3, 0.4) is 0 Å². The minimum atomic E-state index is -0.786. The number of phenolic OH excluding ortho intramolecular Hbond substituents is 1. The van der Waals surface area contributed by atoms with E-state index in [9.17, 15) is 14.7 Å². The van der Waals surface area contributed by atoms with Crippen LogP contribution in [0.5, 0.6) is 23.0 Å². The summed E-state index contributed by atoms with van der Waals surface area (Å²) in [5.41, 5.74) is 1.69. The molecule has 0 amide bonds. The van der Waals surface area contributed by atoms with Gasteiger partial charge in [-0.05, 0) is 69.2 Å². The Morgan fingerprint density at radius 2 is 1.76 bits per heavy atom. The van der Waals surface area contributed by atoms with Gasteiger partial charge in [0.15, 0.2) is 27.8 Å². The summed E-state index contributed by atoms with van der Waals surface area (Å²) in [4.78, 5) is 32.0. The summed E-state index contributed by atoms with van der Waals surface area (Å²) in [6.45, 7) is 8.28. The lowest BCUT2D eigenvalue weighted by molar-refractivity contribution is -0.139. The molecule has 0 saturated carbocycles. The lowest BCUT2D eigenvalue weighted by atomic mass is 9.95. The molecule has 0 radical (unpaired) electrons. The standard InChI is InChI=1S/C28H30N2O7S/c1-6-35-21-12-10-18(15-22(21)36-7-2)25-24(27(33)37-8-3)16(4)29-28-30(25)26(32)23(38-28)14-17-9-11-20(34-5)19(31)13-17/h9-15,25,31H,6-8H2,1-5H3/b23-14-/t25-/m1/s1. The van der Waals surface area contributed by atoms with Gasteiger partial charge in [-0.1, -0.05) is 23.5 Å². The van der Waals surface area contributed by atoms with E-state index in [1.54, 1.807) is 44.2 Å². The Kier molecular flexibility index (Phi) is 8.21. The summed E-state index contributed by atoms with van der Waals surface area (Å²) in [5, 5.41) is 10.2. The van der Waals surface area contributed by atoms with Gasteiger partial charge in [-0.2, -0.15) is 0 Å². The van der Waals surface area contributed by atoms with Crippen molar-refractivity contribution in [2.24, 2.45) is 4.99 Å². The fourth-order valence-corrected chi connectivity index (χ4v) is 5.34. The van der Waals surface area contributed by atoms with Crippen molar-refractivity contribution in [2.45, 2.75) is 33.7 Å². The van der Waals surface area contributed by atoms with Crippen molar-refractivity contribution in [1.29, 1.82) is 0 Å². The molecule has 1 atom stereocenters. The number of allylic oxidation sites excluding steroid dienone is 1. The summed E-state index contributed by atoms with van der Waals surface area (Å²) >= 11 is 1.20. The first-order valence-corrected chi connectivity index (χ1v) is 13.1. The number of hydrogen-bond donors (Lipinski definition) is 1. The number of nitrogens with zero attached hydrogens (tertiary/aromatic N) is 2. The zero-order chi connectivity index (χ0) is 27.4. The molecule has 1 aromatic heterocycles. The van der Waals surface area contributed by atoms with Crippen molar-refractivity contribution in [3.63, 3.8) is 0 Å². The molecule has 200 valence electrons. The SMILES string of the molecule is CCOC(=O)C1=C(C)N=c2s/c(=C\c3ccc(OC)c(O)c3)c(=O)n2[C@@H]1c1ccc(OCC)c(OCC)c1. The van der Waals surface area contributed by atoms with Crippen molar-refractivity contribution in [2.75, 3.05) is 26.9 Å². The van der Waals surface area contributed by atoms with Gasteiger partial charge in [0.1, 0.15) is 0 Å². The number of fused-ring (bicyclic) bond motifs is 1. The van der Waals surface area contributed by atoms with Gasteiger partial charge in [0, 0.05) is 0 Å². The third-order valence-electron chi connectivity index (χ3n) is 5.90. The van der Waals surface area contributed by atoms with Gasteiger partial charge in [-0.3, -0.25) is 9.36 Å². The highest BCUT2D eigenvalue weighted by molar-refractivity contribution is 7.07. The molecule has 38 heavy (non-hydrogen) atoms. The van der Waals surface area contributed by atoms with E-state index in [1.165, 1.54) is 29.1 Å². The number of carbonyl (C=O) groups is 1. The van der Waals surface area contributed by atoms with Crippen molar-refractivity contribution in [3.8, 4) is 23.0 Å². The van der Waals surface area contributed by atoms with Gasteiger partial charge in [0.2, 0.25) is 0 Å². The maximum Gasteiger partial charge on any atom is 0.338 e. The predicted octanol–water partition coefficient (Wildman–Crippen LogP) is 3.31. The lowest BCUT2D eigenvalue weighted by Gasteiger charge is -2.25. The van der Waals surface area contributed by atoms with E-state index in [2.05, 4.69) is 4.99 Å². The maximum atomic E-state index is 13.8. The molecule has 1 aliphatic rings. The zero-order valence-electron chi connectivity index (χ0n) is 21.9. The van der Waals surface area contributed by atoms with Crippen LogP contribution in [0.1, 0.15) is 44.9 Å². The van der Waals surface area contributed by atoms with Gasteiger partial charge < -0.3 is 24.1 Å². The first-order valence-electron chi connectivity index (χ1n) is 12.3. The van der Waals surface area contributed by atoms with Crippen LogP contribution in [0.4, 0.5) is 0 Å². The maximum absolute atomic E-state index is 13.8. The first kappa shape index (κ1) is 27.0. The van der Waals surface area contributed by atoms with E-state index in [0.29, 0.717) is 56.6 Å². The Morgan fingerprint density at radius 1 is 1.05 bits per heavy atom. The molecule has 2 aromatic carbocycles. The summed E-state index contributed by atoms with van der Waals surface area (Å²) in [6.07, 6.45) is 1.67. The largest absolute Gasteiger partial charge is 0.504 e. The number of aromatic nitrogens is 1. The number of carbonyl (C=O) groups excluding carboxylic acids is 1. The van der Waals surface area contributed by atoms with E-state index in [0.717, 1.165) is 0 Å². The molecular weight excluding hydrogens is 508 g/mol. The van der Waals surface area contributed by atoms with E-state index < -0.39 is 12.0 Å². The summed E-state index contributed by atoms with van der Waals surface area (Å²) < 4.78 is 23.9. The monoisotopic (exact) mass is 538 g/mol. The Balaban J connectivity index is 1.94. The average Bonchev–Trinajstić information content (AvgIpc) is 3.19. The van der Waals surface area contributed by atoms with E-state index in [1.807, 2.05) is 19.9 Å². The number of methoxy groups -OCH3 is 1. The van der Waals surface area contributed by atoms with Gasteiger partial charge in [-0.15, -0.1) is 0 Å². The molecule has 0 unspecified atom stereocenters. The molecule has 0 aliphatic carbocycles. The normalized spacial score (nSPS) is 15.1. The van der Waals surface area contributed by atoms with E-state index in [-0.39, 0.29) is 23.5 Å². The minimum absolute atomic E-state index is 0.0369. The average molecular weight is 539 g/mol. The molecule has 4 rings (SSSR count). The van der Waals surface area contributed by atoms with Crippen LogP contribution in [0.15, 0.2) is 57.5 Å². The van der Waals surface area contributed by atoms with Crippen LogP contribution in [0.25, 0.3) is 6.08 Å². The molecule has 0 spiro atoms. The second kappa shape index (κ2) is 11.6. The Labute approximate surface area is 223 Å². The number of phenols is 1. The molecular formula is C28H30N2O7S. The fraction of sp³-hybridized carbons (Fsp3) is 0.321. The minimum Gasteiger partial charge on any atom is -0.504 e. The summed E-state index contributed by atoms with van der Waals surface area (Å²) in [6, 6.07) is 9.48. The molecule has 1 N–H and O–H groups in total. The molecule has 3 aromatic rings. The first-order chi connectivity index (χ1) is 18.3. The van der Waals surface area contributed by atoms with Crippen molar-refractivity contribution < 1.29 is 28.8 Å². The van der Waals surface area contributed by atoms with Crippen LogP contribution >= 0.6 is 11.3 Å². The molecule has 0 fully saturated rings. The van der Waals surface area contributed by atoms with E-state index in [4.69, 9.17) is 18.9 Å². The van der Waals surface area contributed by atoms with Crippen molar-refractivity contribution in [3.05, 3.63) is 78.5 Å². The highest BCUT2D eigenvalue weighted by Crippen LogP contribution is 2.36. The smallest absolute Gasteiger partial charge is 0.338 e. The van der Waals surface area contributed by atoms with Gasteiger partial charge in [0.25, 0.3) is 5.56 Å². The number of esters is 1. The van der Waals surface area contributed by atoms with Crippen molar-refractivity contribution >= 4 is 23.4 Å².